The Morgan fingerprint density at radius 2 is 2.00 bits per heavy atom. The summed E-state index contributed by atoms with van der Waals surface area (Å²) in [6.07, 6.45) is 3.08. The van der Waals surface area contributed by atoms with Crippen LogP contribution in [0.25, 0.3) is 0 Å². The lowest BCUT2D eigenvalue weighted by Crippen LogP contribution is -2.29. The number of nitrogens with one attached hydrogen (secondary N) is 1. The lowest BCUT2D eigenvalue weighted by molar-refractivity contribution is -0.123. The fraction of sp³-hybridized carbons (Fsp3) is 0.500. The minimum atomic E-state index is 0.175. The van der Waals surface area contributed by atoms with Crippen LogP contribution in [0.4, 0.5) is 0 Å². The molecule has 1 amide bonds. The van der Waals surface area contributed by atoms with Gasteiger partial charge in [0.1, 0.15) is 0 Å². The topological polar surface area (TPSA) is 29.1 Å². The van der Waals surface area contributed by atoms with Gasteiger partial charge in [0.15, 0.2) is 0 Å². The number of hydrogen-bond donors (Lipinski definition) is 1. The molecule has 1 saturated carbocycles. The summed E-state index contributed by atoms with van der Waals surface area (Å²) in [5, 5.41) is 3.13. The normalized spacial score (nSPS) is 16.9. The van der Waals surface area contributed by atoms with Gasteiger partial charge in [0, 0.05) is 5.92 Å². The van der Waals surface area contributed by atoms with E-state index in [0.717, 1.165) is 19.3 Å². The minimum absolute atomic E-state index is 0.175. The molecule has 0 unspecified atom stereocenters. The SMILES string of the molecule is CC[C@@H](NC(=O)C1CC1)c1ccc(C)cc1. The van der Waals surface area contributed by atoms with E-state index in [2.05, 4.69) is 43.4 Å². The van der Waals surface area contributed by atoms with Gasteiger partial charge in [0.2, 0.25) is 5.91 Å². The molecule has 0 saturated heterocycles. The molecule has 2 heteroatoms. The van der Waals surface area contributed by atoms with E-state index >= 15 is 0 Å². The Hall–Kier alpha value is -1.31. The second-order valence-corrected chi connectivity index (χ2v) is 4.65. The van der Waals surface area contributed by atoms with Crippen LogP contribution in [0.15, 0.2) is 24.3 Å². The Bertz CT molecular complexity index is 365. The van der Waals surface area contributed by atoms with Gasteiger partial charge in [0.05, 0.1) is 6.04 Å². The molecule has 1 atom stereocenters. The molecule has 1 N–H and O–H groups in total. The maximum Gasteiger partial charge on any atom is 0.223 e. The Morgan fingerprint density at radius 1 is 1.38 bits per heavy atom. The third kappa shape index (κ3) is 2.63. The molecule has 1 fully saturated rings. The van der Waals surface area contributed by atoms with Gasteiger partial charge in [-0.3, -0.25) is 4.79 Å². The van der Waals surface area contributed by atoms with E-state index in [0.29, 0.717) is 5.92 Å². The van der Waals surface area contributed by atoms with E-state index in [4.69, 9.17) is 0 Å². The van der Waals surface area contributed by atoms with Crippen molar-refractivity contribution in [2.24, 2.45) is 5.92 Å². The predicted octanol–water partition coefficient (Wildman–Crippen LogP) is 2.97. The van der Waals surface area contributed by atoms with E-state index in [-0.39, 0.29) is 11.9 Å². The highest BCUT2D eigenvalue weighted by Gasteiger charge is 2.30. The van der Waals surface area contributed by atoms with E-state index < -0.39 is 0 Å². The van der Waals surface area contributed by atoms with Gasteiger partial charge >= 0.3 is 0 Å². The molecule has 2 rings (SSSR count). The van der Waals surface area contributed by atoms with E-state index in [1.54, 1.807) is 0 Å². The molecule has 0 bridgehead atoms. The zero-order valence-corrected chi connectivity index (χ0v) is 9.99. The Balaban J connectivity index is 2.03. The van der Waals surface area contributed by atoms with Crippen molar-refractivity contribution < 1.29 is 4.79 Å². The monoisotopic (exact) mass is 217 g/mol. The molecule has 0 spiro atoms. The number of amides is 1. The van der Waals surface area contributed by atoms with Crippen molar-refractivity contribution in [1.82, 2.24) is 5.32 Å². The first-order valence-corrected chi connectivity index (χ1v) is 6.07. The van der Waals surface area contributed by atoms with Crippen LogP contribution in [-0.2, 0) is 4.79 Å². The van der Waals surface area contributed by atoms with Crippen LogP contribution in [0.1, 0.15) is 43.4 Å². The van der Waals surface area contributed by atoms with Crippen LogP contribution >= 0.6 is 0 Å². The summed E-state index contributed by atoms with van der Waals surface area (Å²) in [4.78, 5) is 11.7. The fourth-order valence-electron chi connectivity index (χ4n) is 1.85. The average Bonchev–Trinajstić information content (AvgIpc) is 3.11. The van der Waals surface area contributed by atoms with Crippen molar-refractivity contribution in [2.45, 2.75) is 39.2 Å². The average molecular weight is 217 g/mol. The molecule has 1 aliphatic rings. The third-order valence-electron chi connectivity index (χ3n) is 3.15. The molecule has 2 nitrogen and oxygen atoms in total. The van der Waals surface area contributed by atoms with Gasteiger partial charge in [0.25, 0.3) is 0 Å². The van der Waals surface area contributed by atoms with Crippen molar-refractivity contribution in [2.75, 3.05) is 0 Å². The maximum atomic E-state index is 11.7. The minimum Gasteiger partial charge on any atom is -0.349 e. The van der Waals surface area contributed by atoms with E-state index in [1.165, 1.54) is 11.1 Å². The lowest BCUT2D eigenvalue weighted by Gasteiger charge is -2.17. The van der Waals surface area contributed by atoms with Crippen molar-refractivity contribution in [1.29, 1.82) is 0 Å². The van der Waals surface area contributed by atoms with Crippen LogP contribution in [0.5, 0.6) is 0 Å². The van der Waals surface area contributed by atoms with Gasteiger partial charge in [-0.25, -0.2) is 0 Å². The highest BCUT2D eigenvalue weighted by molar-refractivity contribution is 5.81. The number of aryl methyl sites for hydroxylation is 1. The lowest BCUT2D eigenvalue weighted by atomic mass is 10.0. The molecule has 0 aromatic heterocycles. The molecule has 16 heavy (non-hydrogen) atoms. The highest BCUT2D eigenvalue weighted by atomic mass is 16.2. The molecular weight excluding hydrogens is 198 g/mol. The number of carbonyl (C=O) groups excluding carboxylic acids is 1. The third-order valence-corrected chi connectivity index (χ3v) is 3.15. The first kappa shape index (κ1) is 11.2. The van der Waals surface area contributed by atoms with E-state index in [9.17, 15) is 4.79 Å². The first-order chi connectivity index (χ1) is 7.70. The Kier molecular flexibility index (Phi) is 3.28. The molecule has 1 aromatic carbocycles. The van der Waals surface area contributed by atoms with Crippen LogP contribution in [0, 0.1) is 12.8 Å². The second kappa shape index (κ2) is 4.69. The summed E-state index contributed by atoms with van der Waals surface area (Å²) in [7, 11) is 0. The number of carbonyl (C=O) groups is 1. The number of benzene rings is 1. The van der Waals surface area contributed by atoms with Crippen molar-refractivity contribution in [3.05, 3.63) is 35.4 Å². The predicted molar refractivity (Wildman–Crippen MR) is 65.1 cm³/mol. The highest BCUT2D eigenvalue weighted by Crippen LogP contribution is 2.30. The summed E-state index contributed by atoms with van der Waals surface area (Å²) in [5.74, 6) is 0.520. The van der Waals surface area contributed by atoms with Gasteiger partial charge < -0.3 is 5.32 Å². The van der Waals surface area contributed by atoms with Crippen LogP contribution in [0.3, 0.4) is 0 Å². The summed E-state index contributed by atoms with van der Waals surface area (Å²) < 4.78 is 0. The van der Waals surface area contributed by atoms with E-state index in [1.807, 2.05) is 0 Å². The van der Waals surface area contributed by atoms with Gasteiger partial charge in [-0.1, -0.05) is 36.8 Å². The van der Waals surface area contributed by atoms with Gasteiger partial charge in [-0.15, -0.1) is 0 Å². The van der Waals surface area contributed by atoms with Crippen molar-refractivity contribution >= 4 is 5.91 Å². The molecule has 0 aliphatic heterocycles. The Labute approximate surface area is 97.1 Å². The zero-order valence-electron chi connectivity index (χ0n) is 9.99. The summed E-state index contributed by atoms with van der Waals surface area (Å²) in [5.41, 5.74) is 2.47. The molecule has 0 radical (unpaired) electrons. The maximum absolute atomic E-state index is 11.7. The first-order valence-electron chi connectivity index (χ1n) is 6.07. The number of hydrogen-bond acceptors (Lipinski definition) is 1. The zero-order chi connectivity index (χ0) is 11.5. The smallest absolute Gasteiger partial charge is 0.223 e. The molecular formula is C14H19NO. The Morgan fingerprint density at radius 3 is 2.50 bits per heavy atom. The van der Waals surface area contributed by atoms with Crippen LogP contribution in [-0.4, -0.2) is 5.91 Å². The number of rotatable bonds is 4. The molecule has 86 valence electrons. The molecule has 0 heterocycles. The summed E-state index contributed by atoms with van der Waals surface area (Å²) in [6, 6.07) is 8.59. The van der Waals surface area contributed by atoms with Crippen molar-refractivity contribution in [3.63, 3.8) is 0 Å². The van der Waals surface area contributed by atoms with Crippen LogP contribution < -0.4 is 5.32 Å². The summed E-state index contributed by atoms with van der Waals surface area (Å²) >= 11 is 0. The molecule has 1 aliphatic carbocycles. The summed E-state index contributed by atoms with van der Waals surface area (Å²) in [6.45, 7) is 4.19. The van der Waals surface area contributed by atoms with Crippen LogP contribution in [0.2, 0.25) is 0 Å². The quantitative estimate of drug-likeness (QED) is 0.825. The fourth-order valence-corrected chi connectivity index (χ4v) is 1.85. The second-order valence-electron chi connectivity index (χ2n) is 4.65. The van der Waals surface area contributed by atoms with Gasteiger partial charge in [-0.05, 0) is 31.7 Å². The van der Waals surface area contributed by atoms with Crippen molar-refractivity contribution in [3.8, 4) is 0 Å². The van der Waals surface area contributed by atoms with Gasteiger partial charge in [-0.2, -0.15) is 0 Å². The largest absolute Gasteiger partial charge is 0.349 e. The molecule has 1 aromatic rings. The standard InChI is InChI=1S/C14H19NO/c1-3-13(15-14(16)12-8-9-12)11-6-4-10(2)5-7-11/h4-7,12-13H,3,8-9H2,1-2H3,(H,15,16)/t13-/m1/s1.